The summed E-state index contributed by atoms with van der Waals surface area (Å²) in [7, 11) is -4.63. The number of phenolic OH excluding ortho intramolecular Hbond substituents is 1. The minimum absolute atomic E-state index is 0.0418. The number of carboxylic acid groups (broad SMARTS) is 1. The molecule has 0 aliphatic heterocycles. The maximum absolute atomic E-state index is 11.7. The highest BCUT2D eigenvalue weighted by molar-refractivity contribution is 7.86. The predicted octanol–water partition coefficient (Wildman–Crippen LogP) is 5.12. The molecule has 0 heterocycles. The molecule has 3 N–H and O–H groups in total. The largest absolute Gasteiger partial charge is 0.506 e. The van der Waals surface area contributed by atoms with E-state index >= 15 is 0 Å². The van der Waals surface area contributed by atoms with Crippen LogP contribution >= 0.6 is 11.6 Å². The molecule has 0 amide bonds. The van der Waals surface area contributed by atoms with Crippen molar-refractivity contribution in [1.29, 1.82) is 0 Å². The third kappa shape index (κ3) is 4.07. The van der Waals surface area contributed by atoms with Gasteiger partial charge in [-0.25, -0.2) is 4.79 Å². The van der Waals surface area contributed by atoms with Crippen molar-refractivity contribution in [1.82, 2.24) is 0 Å². The van der Waals surface area contributed by atoms with Crippen LogP contribution < -0.4 is 0 Å². The summed E-state index contributed by atoms with van der Waals surface area (Å²) in [6, 6.07) is 9.87. The fourth-order valence-electron chi connectivity index (χ4n) is 2.87. The molecule has 0 fully saturated rings. The molecule has 0 radical (unpaired) electrons. The standard InChI is InChI=1S/C19H15ClN2O6S/c1-2-10-7-15(17(9-14(10)20)29(26,27)28)21-22-18-12-6-4-3-5-11(12)13(19(24)25)8-16(18)23/h3-9,23H,2H2,1H3,(H,24,25)(H,26,27,28). The van der Waals surface area contributed by atoms with Gasteiger partial charge in [0.25, 0.3) is 10.1 Å². The summed E-state index contributed by atoms with van der Waals surface area (Å²) in [4.78, 5) is 10.9. The maximum Gasteiger partial charge on any atom is 0.336 e. The van der Waals surface area contributed by atoms with E-state index in [-0.39, 0.29) is 22.0 Å². The first kappa shape index (κ1) is 20.7. The Bertz CT molecular complexity index is 1270. The number of nitrogens with zero attached hydrogens (tertiary/aromatic N) is 2. The Morgan fingerprint density at radius 3 is 2.34 bits per heavy atom. The van der Waals surface area contributed by atoms with Crippen LogP contribution in [0, 0.1) is 0 Å². The minimum Gasteiger partial charge on any atom is -0.506 e. The average Bonchev–Trinajstić information content (AvgIpc) is 2.66. The summed E-state index contributed by atoms with van der Waals surface area (Å²) in [6.45, 7) is 1.80. The van der Waals surface area contributed by atoms with Gasteiger partial charge in [-0.2, -0.15) is 8.42 Å². The van der Waals surface area contributed by atoms with Crippen LogP contribution in [0.1, 0.15) is 22.8 Å². The van der Waals surface area contributed by atoms with Crippen LogP contribution in [0.4, 0.5) is 11.4 Å². The molecule has 0 atom stereocenters. The van der Waals surface area contributed by atoms with E-state index in [1.807, 2.05) is 0 Å². The van der Waals surface area contributed by atoms with Gasteiger partial charge in [0.1, 0.15) is 22.0 Å². The number of benzene rings is 3. The number of hydrogen-bond acceptors (Lipinski definition) is 6. The zero-order chi connectivity index (χ0) is 21.3. The first-order chi connectivity index (χ1) is 13.6. The predicted molar refractivity (Wildman–Crippen MR) is 107 cm³/mol. The van der Waals surface area contributed by atoms with E-state index in [4.69, 9.17) is 11.6 Å². The molecule has 29 heavy (non-hydrogen) atoms. The number of rotatable bonds is 5. The summed E-state index contributed by atoms with van der Waals surface area (Å²) in [6.07, 6.45) is 0.481. The SMILES string of the molecule is CCc1cc(N=Nc2c(O)cc(C(=O)O)c3ccccc23)c(S(=O)(=O)O)cc1Cl. The van der Waals surface area contributed by atoms with Crippen LogP contribution in [0.25, 0.3) is 10.8 Å². The summed E-state index contributed by atoms with van der Waals surface area (Å²) in [5.74, 6) is -1.66. The van der Waals surface area contributed by atoms with Gasteiger partial charge in [0.15, 0.2) is 0 Å². The van der Waals surface area contributed by atoms with Crippen molar-refractivity contribution in [2.75, 3.05) is 0 Å². The Morgan fingerprint density at radius 2 is 1.76 bits per heavy atom. The first-order valence-corrected chi connectivity index (χ1v) is 10.1. The van der Waals surface area contributed by atoms with Gasteiger partial charge in [0.2, 0.25) is 0 Å². The number of aromatic hydroxyl groups is 1. The van der Waals surface area contributed by atoms with Crippen molar-refractivity contribution in [2.24, 2.45) is 10.2 Å². The van der Waals surface area contributed by atoms with E-state index in [2.05, 4.69) is 10.2 Å². The second kappa shape index (κ2) is 7.78. The van der Waals surface area contributed by atoms with Crippen LogP contribution in [-0.4, -0.2) is 29.2 Å². The number of hydrogen-bond donors (Lipinski definition) is 3. The maximum atomic E-state index is 11.7. The van der Waals surface area contributed by atoms with E-state index in [0.717, 1.165) is 12.1 Å². The smallest absolute Gasteiger partial charge is 0.336 e. The lowest BCUT2D eigenvalue weighted by Crippen LogP contribution is -2.00. The van der Waals surface area contributed by atoms with Gasteiger partial charge in [-0.3, -0.25) is 4.55 Å². The molecule has 3 rings (SSSR count). The summed E-state index contributed by atoms with van der Waals surface area (Å²) in [5, 5.41) is 28.3. The molecule has 0 aromatic heterocycles. The highest BCUT2D eigenvalue weighted by Crippen LogP contribution is 2.39. The topological polar surface area (TPSA) is 137 Å². The van der Waals surface area contributed by atoms with Crippen LogP contribution in [0.15, 0.2) is 57.6 Å². The fourth-order valence-corrected chi connectivity index (χ4v) is 3.87. The quantitative estimate of drug-likeness (QED) is 0.376. The van der Waals surface area contributed by atoms with Crippen LogP contribution in [0.2, 0.25) is 5.02 Å². The lowest BCUT2D eigenvalue weighted by atomic mass is 10.0. The van der Waals surface area contributed by atoms with E-state index in [1.165, 1.54) is 6.07 Å². The minimum atomic E-state index is -4.63. The number of carboxylic acids is 1. The normalized spacial score (nSPS) is 12.0. The van der Waals surface area contributed by atoms with Crippen molar-refractivity contribution < 1.29 is 28.0 Å². The molecular formula is C19H15ClN2O6S. The Hall–Kier alpha value is -3.01. The van der Waals surface area contributed by atoms with E-state index in [1.54, 1.807) is 31.2 Å². The molecule has 3 aromatic rings. The molecule has 0 aliphatic carbocycles. The second-order valence-electron chi connectivity index (χ2n) is 6.08. The van der Waals surface area contributed by atoms with Gasteiger partial charge < -0.3 is 10.2 Å². The van der Waals surface area contributed by atoms with Gasteiger partial charge >= 0.3 is 5.97 Å². The van der Waals surface area contributed by atoms with Gasteiger partial charge in [-0.15, -0.1) is 10.2 Å². The molecule has 0 aliphatic rings. The lowest BCUT2D eigenvalue weighted by Gasteiger charge is -2.09. The van der Waals surface area contributed by atoms with E-state index < -0.39 is 26.7 Å². The third-order valence-corrected chi connectivity index (χ3v) is 5.51. The van der Waals surface area contributed by atoms with Crippen molar-refractivity contribution in [3.05, 3.63) is 58.6 Å². The number of aromatic carboxylic acids is 1. The molecule has 8 nitrogen and oxygen atoms in total. The van der Waals surface area contributed by atoms with Crippen molar-refractivity contribution >= 4 is 49.8 Å². The summed E-state index contributed by atoms with van der Waals surface area (Å²) in [5.41, 5.74) is 0.262. The van der Waals surface area contributed by atoms with Crippen molar-refractivity contribution in [2.45, 2.75) is 18.2 Å². The van der Waals surface area contributed by atoms with Crippen LogP contribution in [-0.2, 0) is 16.5 Å². The van der Waals surface area contributed by atoms with Gasteiger partial charge in [-0.05, 0) is 35.6 Å². The molecule has 150 valence electrons. The van der Waals surface area contributed by atoms with Gasteiger partial charge in [0, 0.05) is 10.4 Å². The molecule has 0 spiro atoms. The zero-order valence-corrected chi connectivity index (χ0v) is 16.6. The molecule has 3 aromatic carbocycles. The molecular weight excluding hydrogens is 420 g/mol. The molecule has 0 bridgehead atoms. The Kier molecular flexibility index (Phi) is 5.56. The highest BCUT2D eigenvalue weighted by atomic mass is 35.5. The van der Waals surface area contributed by atoms with Crippen molar-refractivity contribution in [3.63, 3.8) is 0 Å². The van der Waals surface area contributed by atoms with Gasteiger partial charge in [0.05, 0.1) is 5.56 Å². The van der Waals surface area contributed by atoms with E-state index in [9.17, 15) is 28.0 Å². The number of aryl methyl sites for hydroxylation is 1. The number of halogens is 1. The first-order valence-electron chi connectivity index (χ1n) is 8.33. The fraction of sp³-hybridized carbons (Fsp3) is 0.105. The Balaban J connectivity index is 2.24. The lowest BCUT2D eigenvalue weighted by molar-refractivity contribution is 0.0698. The Labute approximate surface area is 170 Å². The molecule has 0 saturated heterocycles. The average molecular weight is 435 g/mol. The number of carbonyl (C=O) groups is 1. The Morgan fingerprint density at radius 1 is 1.10 bits per heavy atom. The van der Waals surface area contributed by atoms with Crippen molar-refractivity contribution in [3.8, 4) is 5.75 Å². The van der Waals surface area contributed by atoms with Gasteiger partial charge in [-0.1, -0.05) is 42.8 Å². The highest BCUT2D eigenvalue weighted by Gasteiger charge is 2.20. The zero-order valence-electron chi connectivity index (χ0n) is 15.0. The molecule has 0 unspecified atom stereocenters. The molecule has 10 heteroatoms. The van der Waals surface area contributed by atoms with Crippen LogP contribution in [0.3, 0.4) is 0 Å². The van der Waals surface area contributed by atoms with E-state index in [0.29, 0.717) is 22.8 Å². The number of phenols is 1. The monoisotopic (exact) mass is 434 g/mol. The van der Waals surface area contributed by atoms with Crippen LogP contribution in [0.5, 0.6) is 5.75 Å². The third-order valence-electron chi connectivity index (χ3n) is 4.27. The number of azo groups is 1. The number of fused-ring (bicyclic) bond motifs is 1. The second-order valence-corrected chi connectivity index (χ2v) is 7.88. The summed E-state index contributed by atoms with van der Waals surface area (Å²) < 4.78 is 32.9. The molecule has 0 saturated carbocycles. The summed E-state index contributed by atoms with van der Waals surface area (Å²) >= 11 is 6.03.